The molecule has 0 spiro atoms. The first-order chi connectivity index (χ1) is 7.68. The summed E-state index contributed by atoms with van der Waals surface area (Å²) in [5.74, 6) is -0.538. The topological polar surface area (TPSA) is 81.2 Å². The first kappa shape index (κ1) is 11.0. The standard InChI is InChI=1S/C9H12N4O2S/c14-9(15)6-5-7(16)11-12-8(6)13-3-1-10-2-4-13/h5,10H,1-4H2,(H,11,16)(H,14,15). The normalized spacial score (nSPS) is 16.1. The molecular weight excluding hydrogens is 228 g/mol. The van der Waals surface area contributed by atoms with E-state index in [0.717, 1.165) is 26.2 Å². The second-order valence-corrected chi connectivity index (χ2v) is 3.95. The number of aromatic carboxylic acids is 1. The van der Waals surface area contributed by atoms with Gasteiger partial charge in [-0.25, -0.2) is 4.79 Å². The fourth-order valence-corrected chi connectivity index (χ4v) is 1.83. The van der Waals surface area contributed by atoms with Crippen molar-refractivity contribution in [1.82, 2.24) is 15.5 Å². The molecule has 6 nitrogen and oxygen atoms in total. The van der Waals surface area contributed by atoms with Crippen LogP contribution in [0.2, 0.25) is 0 Å². The van der Waals surface area contributed by atoms with Crippen LogP contribution < -0.4 is 10.2 Å². The number of anilines is 1. The van der Waals surface area contributed by atoms with Crippen LogP contribution in [0.25, 0.3) is 0 Å². The average Bonchev–Trinajstić information content (AvgIpc) is 2.30. The molecule has 0 saturated carbocycles. The van der Waals surface area contributed by atoms with E-state index in [1.807, 2.05) is 4.90 Å². The smallest absolute Gasteiger partial charge is 0.339 e. The van der Waals surface area contributed by atoms with E-state index in [1.54, 1.807) is 0 Å². The third kappa shape index (κ3) is 2.20. The van der Waals surface area contributed by atoms with Crippen molar-refractivity contribution in [3.05, 3.63) is 16.3 Å². The minimum Gasteiger partial charge on any atom is -0.478 e. The van der Waals surface area contributed by atoms with Gasteiger partial charge in [-0.15, -0.1) is 0 Å². The zero-order chi connectivity index (χ0) is 11.5. The highest BCUT2D eigenvalue weighted by atomic mass is 32.1. The number of carbonyl (C=O) groups is 1. The van der Waals surface area contributed by atoms with Crippen LogP contribution >= 0.6 is 12.2 Å². The Kier molecular flexibility index (Phi) is 3.16. The number of nitrogens with one attached hydrogen (secondary N) is 2. The molecule has 0 bridgehead atoms. The molecule has 1 aliphatic heterocycles. The highest BCUT2D eigenvalue weighted by molar-refractivity contribution is 7.71. The third-order valence-corrected chi connectivity index (χ3v) is 2.64. The molecule has 7 heteroatoms. The predicted octanol–water partition coefficient (Wildman–Crippen LogP) is 0.247. The molecule has 1 aliphatic rings. The summed E-state index contributed by atoms with van der Waals surface area (Å²) in [6.45, 7) is 3.16. The Morgan fingerprint density at radius 1 is 1.50 bits per heavy atom. The average molecular weight is 240 g/mol. The van der Waals surface area contributed by atoms with E-state index in [1.165, 1.54) is 6.07 Å². The van der Waals surface area contributed by atoms with Gasteiger partial charge in [-0.2, -0.15) is 5.10 Å². The Balaban J connectivity index is 2.38. The quantitative estimate of drug-likeness (QED) is 0.643. The van der Waals surface area contributed by atoms with E-state index in [9.17, 15) is 4.79 Å². The van der Waals surface area contributed by atoms with Gasteiger partial charge in [-0.05, 0) is 6.07 Å². The lowest BCUT2D eigenvalue weighted by Crippen LogP contribution is -2.44. The first-order valence-electron chi connectivity index (χ1n) is 4.97. The van der Waals surface area contributed by atoms with Gasteiger partial charge in [0.2, 0.25) is 0 Å². The van der Waals surface area contributed by atoms with Gasteiger partial charge in [0.15, 0.2) is 5.82 Å². The minimum atomic E-state index is -0.999. The molecule has 1 aromatic rings. The third-order valence-electron chi connectivity index (χ3n) is 2.44. The van der Waals surface area contributed by atoms with E-state index < -0.39 is 5.97 Å². The van der Waals surface area contributed by atoms with Gasteiger partial charge in [-0.1, -0.05) is 12.2 Å². The highest BCUT2D eigenvalue weighted by Gasteiger charge is 2.19. The number of hydrogen-bond acceptors (Lipinski definition) is 5. The number of carboxylic acid groups (broad SMARTS) is 1. The van der Waals surface area contributed by atoms with Gasteiger partial charge in [0.25, 0.3) is 0 Å². The molecule has 16 heavy (non-hydrogen) atoms. The summed E-state index contributed by atoms with van der Waals surface area (Å²) < 4.78 is 0.330. The Hall–Kier alpha value is -1.47. The van der Waals surface area contributed by atoms with Crippen LogP contribution in [-0.4, -0.2) is 47.5 Å². The maximum atomic E-state index is 11.1. The molecule has 1 saturated heterocycles. The van der Waals surface area contributed by atoms with Gasteiger partial charge in [0, 0.05) is 26.2 Å². The van der Waals surface area contributed by atoms with Gasteiger partial charge < -0.3 is 15.3 Å². The number of hydrogen-bond donors (Lipinski definition) is 3. The summed E-state index contributed by atoms with van der Waals surface area (Å²) in [7, 11) is 0. The molecule has 86 valence electrons. The highest BCUT2D eigenvalue weighted by Crippen LogP contribution is 2.16. The summed E-state index contributed by atoms with van der Waals surface area (Å²) in [6, 6.07) is 1.43. The van der Waals surface area contributed by atoms with Crippen LogP contribution in [0, 0.1) is 4.64 Å². The van der Waals surface area contributed by atoms with E-state index >= 15 is 0 Å². The van der Waals surface area contributed by atoms with E-state index in [4.69, 9.17) is 17.3 Å². The van der Waals surface area contributed by atoms with E-state index in [0.29, 0.717) is 10.5 Å². The summed E-state index contributed by atoms with van der Waals surface area (Å²) in [5, 5.41) is 18.9. The van der Waals surface area contributed by atoms with Crippen LogP contribution in [0.1, 0.15) is 10.4 Å². The van der Waals surface area contributed by atoms with Crippen molar-refractivity contribution in [2.75, 3.05) is 31.1 Å². The molecule has 0 atom stereocenters. The molecule has 0 aromatic carbocycles. The van der Waals surface area contributed by atoms with Crippen LogP contribution in [-0.2, 0) is 0 Å². The number of carboxylic acids is 1. The molecule has 1 fully saturated rings. The molecule has 0 radical (unpaired) electrons. The lowest BCUT2D eigenvalue weighted by molar-refractivity contribution is 0.0697. The number of nitrogens with zero attached hydrogens (tertiary/aromatic N) is 2. The van der Waals surface area contributed by atoms with Crippen molar-refractivity contribution in [1.29, 1.82) is 0 Å². The molecule has 0 aliphatic carbocycles. The summed E-state index contributed by atoms with van der Waals surface area (Å²) in [5.41, 5.74) is 0.158. The molecule has 1 aromatic heterocycles. The maximum absolute atomic E-state index is 11.1. The monoisotopic (exact) mass is 240 g/mol. The van der Waals surface area contributed by atoms with Gasteiger partial charge in [0.05, 0.1) is 0 Å². The lowest BCUT2D eigenvalue weighted by Gasteiger charge is -2.28. The number of H-pyrrole nitrogens is 1. The van der Waals surface area contributed by atoms with E-state index in [2.05, 4.69) is 15.5 Å². The molecule has 0 unspecified atom stereocenters. The van der Waals surface area contributed by atoms with Crippen LogP contribution in [0.4, 0.5) is 5.82 Å². The number of aromatic amines is 1. The molecule has 3 N–H and O–H groups in total. The fraction of sp³-hybridized carbons (Fsp3) is 0.444. The summed E-state index contributed by atoms with van der Waals surface area (Å²) in [6.07, 6.45) is 0. The molecule has 2 rings (SSSR count). The Morgan fingerprint density at radius 2 is 2.19 bits per heavy atom. The van der Waals surface area contributed by atoms with E-state index in [-0.39, 0.29) is 5.56 Å². The maximum Gasteiger partial charge on any atom is 0.339 e. The van der Waals surface area contributed by atoms with Crippen LogP contribution in [0.3, 0.4) is 0 Å². The fourth-order valence-electron chi connectivity index (χ4n) is 1.67. The van der Waals surface area contributed by atoms with Gasteiger partial charge >= 0.3 is 5.97 Å². The Morgan fingerprint density at radius 3 is 2.81 bits per heavy atom. The number of rotatable bonds is 2. The first-order valence-corrected chi connectivity index (χ1v) is 5.38. The van der Waals surface area contributed by atoms with Crippen molar-refractivity contribution < 1.29 is 9.90 Å². The van der Waals surface area contributed by atoms with Crippen LogP contribution in [0.15, 0.2) is 6.07 Å². The zero-order valence-corrected chi connectivity index (χ0v) is 9.38. The van der Waals surface area contributed by atoms with Gasteiger partial charge in [-0.3, -0.25) is 5.10 Å². The lowest BCUT2D eigenvalue weighted by atomic mass is 10.2. The minimum absolute atomic E-state index is 0.158. The summed E-state index contributed by atoms with van der Waals surface area (Å²) in [4.78, 5) is 13.0. The number of aromatic nitrogens is 2. The van der Waals surface area contributed by atoms with Crippen molar-refractivity contribution in [3.63, 3.8) is 0 Å². The Bertz CT molecular complexity index is 453. The summed E-state index contributed by atoms with van der Waals surface area (Å²) >= 11 is 4.87. The van der Waals surface area contributed by atoms with Crippen molar-refractivity contribution >= 4 is 24.0 Å². The van der Waals surface area contributed by atoms with Crippen molar-refractivity contribution in [3.8, 4) is 0 Å². The second-order valence-electron chi connectivity index (χ2n) is 3.51. The van der Waals surface area contributed by atoms with Crippen molar-refractivity contribution in [2.24, 2.45) is 0 Å². The van der Waals surface area contributed by atoms with Gasteiger partial charge in [0.1, 0.15) is 10.2 Å². The predicted molar refractivity (Wildman–Crippen MR) is 61.5 cm³/mol. The largest absolute Gasteiger partial charge is 0.478 e. The number of piperazine rings is 1. The molecular formula is C9H12N4O2S. The second kappa shape index (κ2) is 4.58. The SMILES string of the molecule is O=C(O)c1cc(=S)[nH]nc1N1CCNCC1. The zero-order valence-electron chi connectivity index (χ0n) is 8.56. The molecule has 2 heterocycles. The molecule has 0 amide bonds. The van der Waals surface area contributed by atoms with Crippen molar-refractivity contribution in [2.45, 2.75) is 0 Å². The Labute approximate surface area is 97.3 Å². The van der Waals surface area contributed by atoms with Crippen LogP contribution in [0.5, 0.6) is 0 Å².